The summed E-state index contributed by atoms with van der Waals surface area (Å²) in [7, 11) is 0. The van der Waals surface area contributed by atoms with Crippen molar-refractivity contribution in [2.75, 3.05) is 0 Å². The Balaban J connectivity index is 1.71. The number of nitrogens with one attached hydrogen (secondary N) is 1. The van der Waals surface area contributed by atoms with Gasteiger partial charge in [0.25, 0.3) is 0 Å². The SMILES string of the molecule is CC1Oc2ccccc2C1NC(=O)C(C)(C)C1CCC(O)CC1. The molecule has 23 heavy (non-hydrogen) atoms. The van der Waals surface area contributed by atoms with Crippen LogP contribution in [0.4, 0.5) is 0 Å². The third-order valence-corrected chi connectivity index (χ3v) is 5.63. The minimum Gasteiger partial charge on any atom is -0.488 e. The van der Waals surface area contributed by atoms with Crippen LogP contribution in [0.1, 0.15) is 58.1 Å². The fourth-order valence-corrected chi connectivity index (χ4v) is 3.87. The normalized spacial score (nSPS) is 30.4. The molecular formula is C19H27NO3. The van der Waals surface area contributed by atoms with Gasteiger partial charge in [0, 0.05) is 11.0 Å². The fraction of sp³-hybridized carbons (Fsp3) is 0.632. The molecule has 0 spiro atoms. The van der Waals surface area contributed by atoms with E-state index in [1.165, 1.54) is 0 Å². The highest BCUT2D eigenvalue weighted by atomic mass is 16.5. The molecule has 1 aromatic rings. The van der Waals surface area contributed by atoms with E-state index in [1.54, 1.807) is 0 Å². The molecule has 1 heterocycles. The van der Waals surface area contributed by atoms with Crippen LogP contribution in [-0.2, 0) is 4.79 Å². The Morgan fingerprint density at radius 3 is 2.57 bits per heavy atom. The molecule has 1 saturated carbocycles. The van der Waals surface area contributed by atoms with Gasteiger partial charge in [0.2, 0.25) is 5.91 Å². The highest BCUT2D eigenvalue weighted by molar-refractivity contribution is 5.83. The predicted molar refractivity (Wildman–Crippen MR) is 89.2 cm³/mol. The maximum absolute atomic E-state index is 12.9. The van der Waals surface area contributed by atoms with E-state index in [1.807, 2.05) is 45.0 Å². The number of aliphatic hydroxyl groups is 1. The summed E-state index contributed by atoms with van der Waals surface area (Å²) in [6, 6.07) is 7.81. The molecule has 4 heteroatoms. The Hall–Kier alpha value is -1.55. The van der Waals surface area contributed by atoms with E-state index in [-0.39, 0.29) is 24.2 Å². The molecule has 1 aromatic carbocycles. The van der Waals surface area contributed by atoms with Crippen molar-refractivity contribution in [3.05, 3.63) is 29.8 Å². The standard InChI is InChI=1S/C19H27NO3/c1-12-17(15-6-4-5-7-16(15)23-12)20-18(22)19(2,3)13-8-10-14(21)11-9-13/h4-7,12-14,17,21H,8-11H2,1-3H3,(H,20,22). The van der Waals surface area contributed by atoms with Gasteiger partial charge < -0.3 is 15.2 Å². The van der Waals surface area contributed by atoms with Crippen LogP contribution in [0.3, 0.4) is 0 Å². The lowest BCUT2D eigenvalue weighted by Crippen LogP contribution is -2.46. The third kappa shape index (κ3) is 3.09. The summed E-state index contributed by atoms with van der Waals surface area (Å²) in [5, 5.41) is 12.9. The summed E-state index contributed by atoms with van der Waals surface area (Å²) in [5.41, 5.74) is 0.625. The van der Waals surface area contributed by atoms with Crippen LogP contribution < -0.4 is 10.1 Å². The van der Waals surface area contributed by atoms with Crippen LogP contribution in [0.5, 0.6) is 5.75 Å². The molecule has 1 amide bonds. The lowest BCUT2D eigenvalue weighted by Gasteiger charge is -2.38. The van der Waals surface area contributed by atoms with Crippen molar-refractivity contribution < 1.29 is 14.6 Å². The minimum atomic E-state index is -0.433. The minimum absolute atomic E-state index is 0.0553. The molecule has 0 radical (unpaired) electrons. The first kappa shape index (κ1) is 16.3. The maximum atomic E-state index is 12.9. The summed E-state index contributed by atoms with van der Waals surface area (Å²) in [5.74, 6) is 1.26. The van der Waals surface area contributed by atoms with Crippen molar-refractivity contribution in [2.24, 2.45) is 11.3 Å². The van der Waals surface area contributed by atoms with Crippen LogP contribution in [0.15, 0.2) is 24.3 Å². The van der Waals surface area contributed by atoms with Gasteiger partial charge in [-0.2, -0.15) is 0 Å². The number of carbonyl (C=O) groups is 1. The van der Waals surface area contributed by atoms with Gasteiger partial charge in [-0.3, -0.25) is 4.79 Å². The monoisotopic (exact) mass is 317 g/mol. The lowest BCUT2D eigenvalue weighted by molar-refractivity contribution is -0.134. The smallest absolute Gasteiger partial charge is 0.226 e. The maximum Gasteiger partial charge on any atom is 0.226 e. The van der Waals surface area contributed by atoms with Crippen molar-refractivity contribution >= 4 is 5.91 Å². The number of rotatable bonds is 3. The molecule has 1 aliphatic carbocycles. The van der Waals surface area contributed by atoms with Gasteiger partial charge in [-0.15, -0.1) is 0 Å². The zero-order valence-electron chi connectivity index (χ0n) is 14.2. The van der Waals surface area contributed by atoms with Crippen molar-refractivity contribution in [3.63, 3.8) is 0 Å². The summed E-state index contributed by atoms with van der Waals surface area (Å²) >= 11 is 0. The van der Waals surface area contributed by atoms with Gasteiger partial charge in [-0.1, -0.05) is 32.0 Å². The quantitative estimate of drug-likeness (QED) is 0.900. The Kier molecular flexibility index (Phi) is 4.37. The number of ether oxygens (including phenoxy) is 1. The van der Waals surface area contributed by atoms with Gasteiger partial charge >= 0.3 is 0 Å². The number of amides is 1. The largest absolute Gasteiger partial charge is 0.488 e. The van der Waals surface area contributed by atoms with E-state index in [9.17, 15) is 9.90 Å². The molecule has 0 aromatic heterocycles. The molecule has 1 fully saturated rings. The molecule has 1 aliphatic heterocycles. The summed E-state index contributed by atoms with van der Waals surface area (Å²) in [4.78, 5) is 12.9. The van der Waals surface area contributed by atoms with E-state index < -0.39 is 5.41 Å². The van der Waals surface area contributed by atoms with E-state index >= 15 is 0 Å². The highest BCUT2D eigenvalue weighted by Gasteiger charge is 2.41. The Morgan fingerprint density at radius 1 is 1.22 bits per heavy atom. The summed E-state index contributed by atoms with van der Waals surface area (Å²) < 4.78 is 5.84. The van der Waals surface area contributed by atoms with Crippen LogP contribution in [0, 0.1) is 11.3 Å². The van der Waals surface area contributed by atoms with Gasteiger partial charge in [0.15, 0.2) is 0 Å². The fourth-order valence-electron chi connectivity index (χ4n) is 3.87. The second-order valence-electron chi connectivity index (χ2n) is 7.54. The first-order valence-corrected chi connectivity index (χ1v) is 8.64. The third-order valence-electron chi connectivity index (χ3n) is 5.63. The number of aliphatic hydroxyl groups excluding tert-OH is 1. The van der Waals surface area contributed by atoms with Gasteiger partial charge in [-0.25, -0.2) is 0 Å². The van der Waals surface area contributed by atoms with Crippen LogP contribution in [0.2, 0.25) is 0 Å². The summed E-state index contributed by atoms with van der Waals surface area (Å²) in [6.45, 7) is 6.04. The van der Waals surface area contributed by atoms with E-state index in [4.69, 9.17) is 4.74 Å². The second-order valence-corrected chi connectivity index (χ2v) is 7.54. The Bertz CT molecular complexity index is 576. The van der Waals surface area contributed by atoms with Crippen LogP contribution in [0.25, 0.3) is 0 Å². The Morgan fingerprint density at radius 2 is 1.87 bits per heavy atom. The number of hydrogen-bond donors (Lipinski definition) is 2. The first-order chi connectivity index (χ1) is 10.9. The van der Waals surface area contributed by atoms with Gasteiger partial charge in [0.1, 0.15) is 11.9 Å². The average Bonchev–Trinajstić information content (AvgIpc) is 2.84. The zero-order valence-corrected chi connectivity index (χ0v) is 14.2. The number of fused-ring (bicyclic) bond motifs is 1. The second kappa shape index (κ2) is 6.16. The molecule has 3 rings (SSSR count). The molecule has 2 aliphatic rings. The first-order valence-electron chi connectivity index (χ1n) is 8.64. The van der Waals surface area contributed by atoms with Crippen LogP contribution in [-0.4, -0.2) is 23.2 Å². The number of carbonyl (C=O) groups excluding carboxylic acids is 1. The molecule has 4 nitrogen and oxygen atoms in total. The molecule has 2 unspecified atom stereocenters. The molecule has 0 saturated heterocycles. The zero-order chi connectivity index (χ0) is 16.6. The topological polar surface area (TPSA) is 58.6 Å². The highest BCUT2D eigenvalue weighted by Crippen LogP contribution is 2.41. The predicted octanol–water partition coefficient (Wildman–Crippen LogP) is 3.20. The van der Waals surface area contributed by atoms with Gasteiger partial charge in [-0.05, 0) is 44.6 Å². The number of benzene rings is 1. The molecule has 2 N–H and O–H groups in total. The van der Waals surface area contributed by atoms with E-state index in [0.717, 1.165) is 37.0 Å². The Labute approximate surface area is 138 Å². The molecule has 126 valence electrons. The van der Waals surface area contributed by atoms with Crippen molar-refractivity contribution in [2.45, 2.75) is 64.7 Å². The van der Waals surface area contributed by atoms with Gasteiger partial charge in [0.05, 0.1) is 12.1 Å². The van der Waals surface area contributed by atoms with Crippen molar-refractivity contribution in [1.82, 2.24) is 5.32 Å². The van der Waals surface area contributed by atoms with Crippen LogP contribution >= 0.6 is 0 Å². The van der Waals surface area contributed by atoms with Crippen molar-refractivity contribution in [3.8, 4) is 5.75 Å². The lowest BCUT2D eigenvalue weighted by atomic mass is 9.70. The number of para-hydroxylation sites is 1. The van der Waals surface area contributed by atoms with E-state index in [0.29, 0.717) is 5.92 Å². The average molecular weight is 317 g/mol. The molecule has 2 atom stereocenters. The molecule has 0 bridgehead atoms. The van der Waals surface area contributed by atoms with Crippen molar-refractivity contribution in [1.29, 1.82) is 0 Å². The number of hydrogen-bond acceptors (Lipinski definition) is 3. The van der Waals surface area contributed by atoms with E-state index in [2.05, 4.69) is 5.32 Å². The molecular weight excluding hydrogens is 290 g/mol. The summed E-state index contributed by atoms with van der Waals surface area (Å²) in [6.07, 6.45) is 3.17.